The number of hydrazone groups is 1. The molecule has 0 saturated heterocycles. The molecule has 1 atom stereocenters. The van der Waals surface area contributed by atoms with Gasteiger partial charge in [0.25, 0.3) is 5.91 Å². The first kappa shape index (κ1) is 21.6. The Morgan fingerprint density at radius 1 is 1.21 bits per heavy atom. The van der Waals surface area contributed by atoms with Crippen molar-refractivity contribution in [1.82, 2.24) is 0 Å². The molecule has 0 aromatic heterocycles. The van der Waals surface area contributed by atoms with Crippen LogP contribution < -0.4 is 5.01 Å². The van der Waals surface area contributed by atoms with Gasteiger partial charge >= 0.3 is 5.97 Å². The Kier molecular flexibility index (Phi) is 6.77. The van der Waals surface area contributed by atoms with Crippen LogP contribution in [0.5, 0.6) is 0 Å². The monoisotopic (exact) mass is 494 g/mol. The lowest BCUT2D eigenvalue weighted by Gasteiger charge is -2.15. The second-order valence-electron chi connectivity index (χ2n) is 6.48. The summed E-state index contributed by atoms with van der Waals surface area (Å²) in [6.07, 6.45) is 2.09. The topological polar surface area (TPSA) is 70.0 Å². The Hall–Kier alpha value is -2.15. The summed E-state index contributed by atoms with van der Waals surface area (Å²) in [5.41, 5.74) is 1.98. The summed E-state index contributed by atoms with van der Waals surface area (Å²) in [6.45, 7) is 1.90. The number of benzene rings is 2. The number of halogens is 3. The molecule has 0 saturated carbocycles. The van der Waals surface area contributed by atoms with Crippen LogP contribution >= 0.6 is 39.1 Å². The number of nitrogens with zero attached hydrogens (tertiary/aromatic N) is 2. The zero-order valence-electron chi connectivity index (χ0n) is 15.4. The Bertz CT molecular complexity index is 1020. The van der Waals surface area contributed by atoms with Gasteiger partial charge in [-0.05, 0) is 60.9 Å². The van der Waals surface area contributed by atoms with Gasteiger partial charge < -0.3 is 5.11 Å². The first-order valence-electron chi connectivity index (χ1n) is 8.86. The van der Waals surface area contributed by atoms with Crippen molar-refractivity contribution < 1.29 is 14.7 Å². The lowest BCUT2D eigenvalue weighted by atomic mass is 9.92. The molecular formula is C21H17BrCl2N2O3. The van der Waals surface area contributed by atoms with E-state index < -0.39 is 11.9 Å². The number of anilines is 1. The van der Waals surface area contributed by atoms with Crippen LogP contribution in [0.2, 0.25) is 10.0 Å². The highest BCUT2D eigenvalue weighted by Crippen LogP contribution is 2.31. The SMILES string of the molecule is CCC1=NN(c2ccc(Br)cc2)C(=O)C1C/C(=C/c1ccc(Cl)c(Cl)c1)C(=O)O. The van der Waals surface area contributed by atoms with E-state index >= 15 is 0 Å². The number of carboxylic acid groups (broad SMARTS) is 1. The van der Waals surface area contributed by atoms with Crippen molar-refractivity contribution in [2.24, 2.45) is 11.0 Å². The molecule has 0 radical (unpaired) electrons. The van der Waals surface area contributed by atoms with Crippen LogP contribution in [0.1, 0.15) is 25.3 Å². The lowest BCUT2D eigenvalue weighted by molar-refractivity contribution is -0.132. The molecule has 1 unspecified atom stereocenters. The Labute approximate surface area is 186 Å². The summed E-state index contributed by atoms with van der Waals surface area (Å²) < 4.78 is 0.891. The fraction of sp³-hybridized carbons (Fsp3) is 0.190. The lowest BCUT2D eigenvalue weighted by Crippen LogP contribution is -2.28. The van der Waals surface area contributed by atoms with Crippen molar-refractivity contribution in [1.29, 1.82) is 0 Å². The third kappa shape index (κ3) is 4.89. The number of hydrogen-bond donors (Lipinski definition) is 1. The van der Waals surface area contributed by atoms with Crippen LogP contribution in [0.15, 0.2) is 57.6 Å². The second kappa shape index (κ2) is 9.11. The van der Waals surface area contributed by atoms with Crippen LogP contribution in [0.4, 0.5) is 5.69 Å². The molecule has 2 aromatic rings. The Morgan fingerprint density at radius 3 is 2.48 bits per heavy atom. The molecule has 1 amide bonds. The quantitative estimate of drug-likeness (QED) is 0.496. The third-order valence-electron chi connectivity index (χ3n) is 4.55. The van der Waals surface area contributed by atoms with Crippen molar-refractivity contribution >= 4 is 68.5 Å². The van der Waals surface area contributed by atoms with Gasteiger partial charge in [0.05, 0.1) is 27.4 Å². The Morgan fingerprint density at radius 2 is 1.90 bits per heavy atom. The standard InChI is InChI=1S/C21H17BrCl2N2O3/c1-2-19-16(20(27)26(25-19)15-6-4-14(22)5-7-15)11-13(21(28)29)9-12-3-8-17(23)18(24)10-12/h3-10,16H,2,11H2,1H3,(H,28,29)/b13-9-. The number of aliphatic carboxylic acids is 1. The van der Waals surface area contributed by atoms with E-state index in [-0.39, 0.29) is 17.9 Å². The van der Waals surface area contributed by atoms with E-state index in [2.05, 4.69) is 21.0 Å². The molecule has 2 aromatic carbocycles. The van der Waals surface area contributed by atoms with E-state index in [4.69, 9.17) is 23.2 Å². The molecule has 1 heterocycles. The van der Waals surface area contributed by atoms with E-state index in [0.717, 1.165) is 4.47 Å². The first-order valence-corrected chi connectivity index (χ1v) is 10.4. The van der Waals surface area contributed by atoms with Crippen molar-refractivity contribution in [3.63, 3.8) is 0 Å². The summed E-state index contributed by atoms with van der Waals surface area (Å²) in [5, 5.41) is 16.2. The molecule has 1 N–H and O–H groups in total. The maximum absolute atomic E-state index is 13.0. The van der Waals surface area contributed by atoms with Crippen molar-refractivity contribution in [2.45, 2.75) is 19.8 Å². The van der Waals surface area contributed by atoms with E-state index in [1.165, 1.54) is 11.1 Å². The molecule has 150 valence electrons. The summed E-state index contributed by atoms with van der Waals surface area (Å²) in [7, 11) is 0. The molecule has 0 fully saturated rings. The first-order chi connectivity index (χ1) is 13.8. The van der Waals surface area contributed by atoms with Crippen LogP contribution in [0, 0.1) is 5.92 Å². The van der Waals surface area contributed by atoms with E-state index in [0.29, 0.717) is 33.4 Å². The maximum Gasteiger partial charge on any atom is 0.331 e. The minimum atomic E-state index is -1.10. The van der Waals surface area contributed by atoms with Gasteiger partial charge in [-0.1, -0.05) is 52.1 Å². The number of carbonyl (C=O) groups excluding carboxylic acids is 1. The highest BCUT2D eigenvalue weighted by atomic mass is 79.9. The molecule has 5 nitrogen and oxygen atoms in total. The zero-order valence-corrected chi connectivity index (χ0v) is 18.5. The molecule has 8 heteroatoms. The second-order valence-corrected chi connectivity index (χ2v) is 8.21. The third-order valence-corrected chi connectivity index (χ3v) is 5.82. The summed E-state index contributed by atoms with van der Waals surface area (Å²) >= 11 is 15.3. The molecule has 0 spiro atoms. The van der Waals surface area contributed by atoms with E-state index in [9.17, 15) is 14.7 Å². The minimum Gasteiger partial charge on any atom is -0.478 e. The van der Waals surface area contributed by atoms with Crippen LogP contribution in [0.25, 0.3) is 6.08 Å². The number of hydrogen-bond acceptors (Lipinski definition) is 3. The molecule has 3 rings (SSSR count). The summed E-state index contributed by atoms with van der Waals surface area (Å²) in [5.74, 6) is -1.97. The number of amides is 1. The van der Waals surface area contributed by atoms with Crippen molar-refractivity contribution in [3.8, 4) is 0 Å². The maximum atomic E-state index is 13.0. The fourth-order valence-corrected chi connectivity index (χ4v) is 3.63. The van der Waals surface area contributed by atoms with Gasteiger partial charge in [-0.2, -0.15) is 5.10 Å². The number of carboxylic acids is 1. The Balaban J connectivity index is 1.89. The zero-order chi connectivity index (χ0) is 21.1. The molecular weight excluding hydrogens is 479 g/mol. The van der Waals surface area contributed by atoms with Gasteiger partial charge in [0, 0.05) is 10.0 Å². The smallest absolute Gasteiger partial charge is 0.331 e. The predicted octanol–water partition coefficient (Wildman–Crippen LogP) is 6.04. The van der Waals surface area contributed by atoms with Crippen molar-refractivity contribution in [2.75, 3.05) is 5.01 Å². The molecule has 0 bridgehead atoms. The number of carbonyl (C=O) groups is 2. The molecule has 0 aliphatic carbocycles. The van der Waals surface area contributed by atoms with Gasteiger partial charge in [0.2, 0.25) is 0 Å². The van der Waals surface area contributed by atoms with Gasteiger partial charge in [0.15, 0.2) is 0 Å². The average Bonchev–Trinajstić information content (AvgIpc) is 3.00. The molecule has 1 aliphatic rings. The van der Waals surface area contributed by atoms with Crippen LogP contribution in [-0.4, -0.2) is 22.7 Å². The van der Waals surface area contributed by atoms with Gasteiger partial charge in [-0.25, -0.2) is 9.80 Å². The minimum absolute atomic E-state index is 0.0358. The van der Waals surface area contributed by atoms with Gasteiger partial charge in [0.1, 0.15) is 0 Å². The van der Waals surface area contributed by atoms with E-state index in [1.54, 1.807) is 30.3 Å². The summed E-state index contributed by atoms with van der Waals surface area (Å²) in [6, 6.07) is 12.1. The fourth-order valence-electron chi connectivity index (χ4n) is 3.06. The average molecular weight is 496 g/mol. The van der Waals surface area contributed by atoms with Crippen molar-refractivity contribution in [3.05, 3.63) is 68.1 Å². The van der Waals surface area contributed by atoms with Crippen LogP contribution in [0.3, 0.4) is 0 Å². The summed E-state index contributed by atoms with van der Waals surface area (Å²) in [4.78, 5) is 24.8. The van der Waals surface area contributed by atoms with Crippen LogP contribution in [-0.2, 0) is 9.59 Å². The predicted molar refractivity (Wildman–Crippen MR) is 120 cm³/mol. The molecule has 29 heavy (non-hydrogen) atoms. The largest absolute Gasteiger partial charge is 0.478 e. The normalized spacial score (nSPS) is 16.9. The highest BCUT2D eigenvalue weighted by Gasteiger charge is 2.37. The number of rotatable bonds is 6. The van der Waals surface area contributed by atoms with Gasteiger partial charge in [-0.3, -0.25) is 4.79 Å². The van der Waals surface area contributed by atoms with Gasteiger partial charge in [-0.15, -0.1) is 0 Å². The molecule has 1 aliphatic heterocycles. The highest BCUT2D eigenvalue weighted by molar-refractivity contribution is 9.10. The van der Waals surface area contributed by atoms with E-state index in [1.807, 2.05) is 19.1 Å².